The molecular weight excluding hydrogens is 663 g/mol. The number of rotatable bonds is 15. The van der Waals surface area contributed by atoms with E-state index in [0.29, 0.717) is 36.2 Å². The minimum absolute atomic E-state index is 0.0781. The number of H-pyrrole nitrogens is 1. The van der Waals surface area contributed by atoms with Gasteiger partial charge in [0, 0.05) is 37.4 Å². The number of aromatic amines is 1. The van der Waals surface area contributed by atoms with E-state index in [0.717, 1.165) is 49.1 Å². The van der Waals surface area contributed by atoms with Crippen LogP contribution in [0.5, 0.6) is 0 Å². The van der Waals surface area contributed by atoms with Gasteiger partial charge < -0.3 is 20.9 Å². The molecule has 0 aliphatic heterocycles. The number of nitrogens with one attached hydrogen (secondary N) is 4. The van der Waals surface area contributed by atoms with Crippen molar-refractivity contribution in [2.24, 2.45) is 11.8 Å². The van der Waals surface area contributed by atoms with Gasteiger partial charge in [-0.15, -0.1) is 10.2 Å². The molecule has 0 spiro atoms. The number of fused-ring (bicyclic) bond motifs is 1. The average Bonchev–Trinajstić information content (AvgIpc) is 3.65. The van der Waals surface area contributed by atoms with Crippen molar-refractivity contribution in [1.29, 1.82) is 5.26 Å². The lowest BCUT2D eigenvalue weighted by atomic mass is 9.67. The van der Waals surface area contributed by atoms with Crippen LogP contribution in [0.25, 0.3) is 0 Å². The van der Waals surface area contributed by atoms with Gasteiger partial charge in [0.15, 0.2) is 5.82 Å². The van der Waals surface area contributed by atoms with Crippen LogP contribution in [0.1, 0.15) is 136 Å². The summed E-state index contributed by atoms with van der Waals surface area (Å²) in [6.07, 6.45) is 8.32. The summed E-state index contributed by atoms with van der Waals surface area (Å²) in [4.78, 5) is 27.3. The van der Waals surface area contributed by atoms with Gasteiger partial charge in [0.1, 0.15) is 6.54 Å². The Balaban J connectivity index is 0.00000179. The van der Waals surface area contributed by atoms with Crippen molar-refractivity contribution in [2.75, 3.05) is 33.2 Å². The maximum absolute atomic E-state index is 13.2. The molecule has 1 heterocycles. The standard InChI is InChI=1S/C30H44N8O2.C5H11N.C5H10.C2H6/c1-7-22(20(3)4)19-38(15-14-31)27(39)18-33-21(5)17-30(29-34-36-37-35-29)25(8-2)11-9-10-23-16-24(28(40)32-6)12-13-26(23)30;1-4-6-5(2)3;1-4-5(2)3;1-2/h11-13,16,20-22,33H,7-10,15,17-19H2,1-6H3,(H,32,40)(H,34,35,36,37);6H,2,4H2,1,3H3;4H,1-3H3;1-2H3/t21-,22?,30?;;;/m1.../s1. The average molecular weight is 734 g/mol. The van der Waals surface area contributed by atoms with Crippen molar-refractivity contribution < 1.29 is 9.59 Å². The van der Waals surface area contributed by atoms with Crippen LogP contribution in [-0.2, 0) is 16.6 Å². The second kappa shape index (κ2) is 26.5. The first-order chi connectivity index (χ1) is 25.2. The summed E-state index contributed by atoms with van der Waals surface area (Å²) in [7, 11) is 1.63. The third-order valence-corrected chi connectivity index (χ3v) is 9.32. The summed E-state index contributed by atoms with van der Waals surface area (Å²) in [5.41, 5.74) is 5.68. The van der Waals surface area contributed by atoms with E-state index < -0.39 is 5.41 Å². The summed E-state index contributed by atoms with van der Waals surface area (Å²) in [6.45, 7) is 30.2. The fraction of sp³-hybridized carbons (Fsp3) is 0.619. The molecule has 4 N–H and O–H groups in total. The van der Waals surface area contributed by atoms with Crippen molar-refractivity contribution in [1.82, 2.24) is 41.5 Å². The molecule has 53 heavy (non-hydrogen) atoms. The molecule has 296 valence electrons. The quantitative estimate of drug-likeness (QED) is 0.108. The number of hydrogen-bond acceptors (Lipinski definition) is 8. The molecule has 11 heteroatoms. The van der Waals surface area contributed by atoms with Gasteiger partial charge in [-0.1, -0.05) is 89.1 Å². The number of amides is 2. The highest BCUT2D eigenvalue weighted by atomic mass is 16.2. The highest BCUT2D eigenvalue weighted by Crippen LogP contribution is 2.46. The Morgan fingerprint density at radius 2 is 1.81 bits per heavy atom. The molecule has 2 aromatic rings. The molecule has 0 radical (unpaired) electrons. The molecule has 2 amide bonds. The van der Waals surface area contributed by atoms with Gasteiger partial charge in [0.2, 0.25) is 5.91 Å². The van der Waals surface area contributed by atoms with Crippen molar-refractivity contribution in [2.45, 2.75) is 127 Å². The maximum atomic E-state index is 13.2. The first-order valence-electron chi connectivity index (χ1n) is 19.4. The second-order valence-electron chi connectivity index (χ2n) is 13.7. The molecule has 2 unspecified atom stereocenters. The van der Waals surface area contributed by atoms with Gasteiger partial charge in [0.05, 0.1) is 18.0 Å². The van der Waals surface area contributed by atoms with Crippen LogP contribution in [0.2, 0.25) is 0 Å². The minimum atomic E-state index is -0.679. The number of carbonyl (C=O) groups excluding carboxylic acids is 2. The number of carbonyl (C=O) groups is 2. The minimum Gasteiger partial charge on any atom is -0.389 e. The Morgan fingerprint density at radius 1 is 1.15 bits per heavy atom. The van der Waals surface area contributed by atoms with E-state index in [1.165, 1.54) is 11.1 Å². The molecule has 0 saturated heterocycles. The molecule has 0 fully saturated rings. The van der Waals surface area contributed by atoms with Gasteiger partial charge in [-0.3, -0.25) is 9.59 Å². The molecule has 1 aliphatic rings. The Bertz CT molecular complexity index is 1470. The number of hydrogen-bond donors (Lipinski definition) is 4. The lowest BCUT2D eigenvalue weighted by Gasteiger charge is -2.37. The van der Waals surface area contributed by atoms with Crippen LogP contribution in [0, 0.1) is 23.2 Å². The number of benzene rings is 1. The lowest BCUT2D eigenvalue weighted by molar-refractivity contribution is -0.130. The largest absolute Gasteiger partial charge is 0.389 e. The highest BCUT2D eigenvalue weighted by molar-refractivity contribution is 5.94. The van der Waals surface area contributed by atoms with Crippen LogP contribution in [0.4, 0.5) is 0 Å². The van der Waals surface area contributed by atoms with E-state index in [1.807, 2.05) is 45.9 Å². The zero-order valence-corrected chi connectivity index (χ0v) is 35.2. The highest BCUT2D eigenvalue weighted by Gasteiger charge is 2.44. The van der Waals surface area contributed by atoms with E-state index in [-0.39, 0.29) is 30.9 Å². The number of tetrazole rings is 1. The number of nitrogens with zero attached hydrogens (tertiary/aromatic N) is 5. The Hall–Kier alpha value is -4.30. The molecule has 1 aromatic carbocycles. The Morgan fingerprint density at radius 3 is 2.26 bits per heavy atom. The van der Waals surface area contributed by atoms with Crippen LogP contribution >= 0.6 is 0 Å². The van der Waals surface area contributed by atoms with Crippen LogP contribution in [-0.4, -0.2) is 76.6 Å². The third kappa shape index (κ3) is 15.7. The monoisotopic (exact) mass is 734 g/mol. The van der Waals surface area contributed by atoms with Gasteiger partial charge in [0.25, 0.3) is 5.91 Å². The smallest absolute Gasteiger partial charge is 0.251 e. The van der Waals surface area contributed by atoms with E-state index in [2.05, 4.69) is 117 Å². The number of allylic oxidation sites excluding steroid dienone is 5. The molecule has 0 saturated carbocycles. The van der Waals surface area contributed by atoms with E-state index in [9.17, 15) is 14.9 Å². The zero-order valence-electron chi connectivity index (χ0n) is 35.2. The molecule has 11 nitrogen and oxygen atoms in total. The molecule has 1 aliphatic carbocycles. The molecule has 3 atom stereocenters. The fourth-order valence-corrected chi connectivity index (χ4v) is 6.28. The van der Waals surface area contributed by atoms with Crippen molar-refractivity contribution in [3.63, 3.8) is 0 Å². The third-order valence-electron chi connectivity index (χ3n) is 9.32. The number of nitriles is 1. The fourth-order valence-electron chi connectivity index (χ4n) is 6.28. The molecule has 1 aromatic heterocycles. The van der Waals surface area contributed by atoms with Gasteiger partial charge in [-0.2, -0.15) is 10.5 Å². The second-order valence-corrected chi connectivity index (χ2v) is 13.7. The zero-order chi connectivity index (χ0) is 40.6. The van der Waals surface area contributed by atoms with Crippen LogP contribution in [0.3, 0.4) is 0 Å². The van der Waals surface area contributed by atoms with E-state index in [4.69, 9.17) is 0 Å². The van der Waals surface area contributed by atoms with Crippen LogP contribution < -0.4 is 16.0 Å². The number of aromatic nitrogens is 4. The summed E-state index contributed by atoms with van der Waals surface area (Å²) < 4.78 is 0. The first-order valence-corrected chi connectivity index (χ1v) is 19.4. The van der Waals surface area contributed by atoms with Crippen molar-refractivity contribution in [3.8, 4) is 6.07 Å². The molecule has 0 bridgehead atoms. The predicted octanol–water partition coefficient (Wildman–Crippen LogP) is 7.66. The Kier molecular flexibility index (Phi) is 24.3. The van der Waals surface area contributed by atoms with Crippen LogP contribution in [0.15, 0.2) is 53.8 Å². The summed E-state index contributed by atoms with van der Waals surface area (Å²) in [5, 5.41) is 34.0. The predicted molar refractivity (Wildman–Crippen MR) is 219 cm³/mol. The SMILES string of the molecule is C=C(C)NCC.CC.CC=C(C)C.CCC1=CCCc2cc(C(=O)NC)ccc2C1(C[C@@H](C)NCC(=O)N(CC#N)CC(CC)C(C)C)c1nn[nH]n1. The summed E-state index contributed by atoms with van der Waals surface area (Å²) >= 11 is 0. The van der Waals surface area contributed by atoms with Gasteiger partial charge in [-0.05, 0) is 102 Å². The maximum Gasteiger partial charge on any atom is 0.251 e. The Labute approximate surface area is 321 Å². The topological polar surface area (TPSA) is 152 Å². The van der Waals surface area contributed by atoms with Crippen molar-refractivity contribution >= 4 is 11.8 Å². The van der Waals surface area contributed by atoms with E-state index in [1.54, 1.807) is 11.9 Å². The van der Waals surface area contributed by atoms with E-state index >= 15 is 0 Å². The molecule has 3 rings (SSSR count). The first kappa shape index (κ1) is 48.7. The summed E-state index contributed by atoms with van der Waals surface area (Å²) in [5.74, 6) is 1.14. The van der Waals surface area contributed by atoms with Crippen molar-refractivity contribution in [3.05, 3.63) is 76.3 Å². The normalized spacial score (nSPS) is 15.4. The number of aryl methyl sites for hydroxylation is 1. The van der Waals surface area contributed by atoms with Gasteiger partial charge >= 0.3 is 0 Å². The molecular formula is C42H71N9O2. The summed E-state index contributed by atoms with van der Waals surface area (Å²) in [6, 6.07) is 7.90. The lowest BCUT2D eigenvalue weighted by Crippen LogP contribution is -2.46. The van der Waals surface area contributed by atoms with Gasteiger partial charge in [-0.25, -0.2) is 0 Å².